The molecule has 0 aliphatic rings. The summed E-state index contributed by atoms with van der Waals surface area (Å²) in [6.45, 7) is 4.15. The van der Waals surface area contributed by atoms with Gasteiger partial charge in [-0.1, -0.05) is 0 Å². The molecule has 0 radical (unpaired) electrons. The van der Waals surface area contributed by atoms with Crippen molar-refractivity contribution >= 4 is 5.97 Å². The van der Waals surface area contributed by atoms with Gasteiger partial charge in [0.15, 0.2) is 0 Å². The molecule has 23 heavy (non-hydrogen) atoms. The molecule has 12 heteroatoms. The van der Waals surface area contributed by atoms with Gasteiger partial charge >= 0.3 is 5.97 Å². The predicted octanol–water partition coefficient (Wildman–Crippen LogP) is -3.48. The summed E-state index contributed by atoms with van der Waals surface area (Å²) in [7, 11) is 5.64. The second kappa shape index (κ2) is 66.0. The third-order valence-corrected chi connectivity index (χ3v) is 0.616. The van der Waals surface area contributed by atoms with E-state index in [-0.39, 0.29) is 108 Å². The van der Waals surface area contributed by atoms with Gasteiger partial charge in [-0.05, 0) is 13.8 Å². The molecule has 0 bridgehead atoms. The third kappa shape index (κ3) is 286. The average Bonchev–Trinajstić information content (AvgIpc) is 1.83. The Morgan fingerprint density at radius 2 is 0.913 bits per heavy atom. The molecule has 0 aliphatic heterocycles. The van der Waals surface area contributed by atoms with Crippen molar-refractivity contribution in [1.29, 1.82) is 0 Å². The van der Waals surface area contributed by atoms with Crippen LogP contribution >= 0.6 is 0 Å². The molecule has 0 heterocycles. The van der Waals surface area contributed by atoms with E-state index in [0.29, 0.717) is 11.0 Å². The molecule has 0 amide bonds. The molecular formula is C11H41NO9Zr2. The van der Waals surface area contributed by atoms with Crippen molar-refractivity contribution in [2.24, 2.45) is 0 Å². The number of aliphatic hydroxyl groups is 2. The smallest absolute Gasteiger partial charge is 0.412 e. The number of hydrogen-bond acceptors (Lipinski definition) is 2. The Morgan fingerprint density at radius 3 is 0.913 bits per heavy atom. The van der Waals surface area contributed by atoms with Gasteiger partial charge in [0.2, 0.25) is 6.54 Å². The minimum absolute atomic E-state index is 0. The summed E-state index contributed by atoms with van der Waals surface area (Å²) >= 11 is 0. The van der Waals surface area contributed by atoms with Gasteiger partial charge in [-0.15, -0.1) is 0 Å². The van der Waals surface area contributed by atoms with Gasteiger partial charge in [0.05, 0.1) is 21.1 Å². The summed E-state index contributed by atoms with van der Waals surface area (Å²) in [5.74, 6) is -0.502. The number of hydrogen-bond donors (Lipinski definition) is 3. The maximum Gasteiger partial charge on any atom is 0.538 e. The summed E-state index contributed by atoms with van der Waals surface area (Å²) in [6, 6.07) is 0. The van der Waals surface area contributed by atoms with Gasteiger partial charge in [0.1, 0.15) is 0 Å². The van der Waals surface area contributed by atoms with Crippen molar-refractivity contribution in [3.8, 4) is 0 Å². The minimum atomic E-state index is -0.502. The minimum Gasteiger partial charge on any atom is -0.412 e. The van der Waals surface area contributed by atoms with Crippen molar-refractivity contribution < 1.29 is 104 Å². The summed E-state index contributed by atoms with van der Waals surface area (Å²) in [5, 5.41) is 23.5. The normalized spacial score (nSPS) is 5.52. The number of carboxylic acid groups (broad SMARTS) is 1. The van der Waals surface area contributed by atoms with Crippen molar-refractivity contribution in [2.75, 3.05) is 40.9 Å². The Labute approximate surface area is 179 Å². The monoisotopic (exact) mass is 511 g/mol. The molecule has 152 valence electrons. The zero-order valence-corrected chi connectivity index (χ0v) is 20.3. The van der Waals surface area contributed by atoms with E-state index in [1.54, 1.807) is 13.8 Å². The number of quaternary nitrogens is 1. The Bertz CT molecular complexity index is 137. The van der Waals surface area contributed by atoms with E-state index < -0.39 is 5.97 Å². The Hall–Kier alpha value is 0.916. The van der Waals surface area contributed by atoms with Crippen LogP contribution in [0.5, 0.6) is 0 Å². The molecule has 0 aromatic heterocycles. The molecule has 0 unspecified atom stereocenters. The zero-order chi connectivity index (χ0) is 12.2. The van der Waals surface area contributed by atoms with Gasteiger partial charge in [0.25, 0.3) is 0 Å². The van der Waals surface area contributed by atoms with Crippen LogP contribution in [0.3, 0.4) is 0 Å². The van der Waals surface area contributed by atoms with E-state index in [1.807, 2.05) is 21.1 Å². The van der Waals surface area contributed by atoms with E-state index in [1.165, 1.54) is 0 Å². The molecule has 14 N–H and O–H groups in total. The topological polar surface area (TPSA) is 240 Å². The fraction of sp³-hybridized carbons (Fsp3) is 0.727. The zero-order valence-electron chi connectivity index (χ0n) is 15.4. The first-order chi connectivity index (χ1) is 6.24. The maximum atomic E-state index is 8.34. The number of carboxylic acids is 1. The fourth-order valence-electron chi connectivity index (χ4n) is 0.424. The fourth-order valence-corrected chi connectivity index (χ4v) is 0.424. The second-order valence-corrected chi connectivity index (χ2v) is 3.50. The van der Waals surface area contributed by atoms with Crippen LogP contribution in [0.2, 0.25) is 0 Å². The summed E-state index contributed by atoms with van der Waals surface area (Å²) in [5.41, 5.74) is 0. The van der Waals surface area contributed by atoms with Crippen LogP contribution in [0.15, 0.2) is 0 Å². The number of rotatable bonds is 2. The molecule has 10 nitrogen and oxygen atoms in total. The molecule has 0 rings (SSSR count). The van der Waals surface area contributed by atoms with Crippen molar-refractivity contribution in [3.05, 3.63) is 14.9 Å². The van der Waals surface area contributed by atoms with E-state index in [9.17, 15) is 0 Å². The quantitative estimate of drug-likeness (QED) is 0.194. The van der Waals surface area contributed by atoms with Crippen LogP contribution < -0.4 is 0 Å². The molecule has 0 saturated carbocycles. The summed E-state index contributed by atoms with van der Waals surface area (Å²) < 4.78 is 0.544. The molecule has 0 atom stereocenters. The van der Waals surface area contributed by atoms with E-state index in [2.05, 4.69) is 0 Å². The average molecular weight is 514 g/mol. The Kier molecular flexibility index (Phi) is 254. The summed E-state index contributed by atoms with van der Waals surface area (Å²) in [4.78, 5) is 8.34. The molecule has 0 aromatic rings. The van der Waals surface area contributed by atoms with Crippen LogP contribution in [0.1, 0.15) is 13.8 Å². The molecule has 0 saturated heterocycles. The number of likely N-dealkylation sites (N-methyl/N-ethyl adjacent to an activating group) is 1. The molecular weight excluding hydrogens is 473 g/mol. The molecule has 0 aliphatic carbocycles. The SMILES string of the molecule is CCO.CCO.C[N+](C)(C)CC(O)=[OH+].O.O.O.O.O.[CH3-].[CH3-].[Zr].[Zr]. The molecule has 0 aromatic carbocycles. The largest absolute Gasteiger partial charge is 0.538 e. The van der Waals surface area contributed by atoms with Crippen molar-refractivity contribution in [2.45, 2.75) is 13.8 Å². The van der Waals surface area contributed by atoms with E-state index in [4.69, 9.17) is 20.1 Å². The number of nitrogens with zero attached hydrogens (tertiary/aromatic N) is 1. The van der Waals surface area contributed by atoms with Crippen molar-refractivity contribution in [3.63, 3.8) is 0 Å². The first kappa shape index (κ1) is 88.5. The first-order valence-electron chi connectivity index (χ1n) is 4.51. The van der Waals surface area contributed by atoms with Crippen LogP contribution in [0, 0.1) is 14.9 Å². The van der Waals surface area contributed by atoms with Crippen LogP contribution in [-0.2, 0) is 52.4 Å². The van der Waals surface area contributed by atoms with Gasteiger partial charge in [-0.2, -0.15) is 0 Å². The van der Waals surface area contributed by atoms with Gasteiger partial charge in [0, 0.05) is 65.6 Å². The van der Waals surface area contributed by atoms with Crippen LogP contribution in [-0.4, -0.2) is 98.8 Å². The first-order valence-corrected chi connectivity index (χ1v) is 4.51. The second-order valence-electron chi connectivity index (χ2n) is 3.50. The standard InChI is InChI=1S/C5H11NO2.2C2H6O.2CH3.5H2O.2Zr/c1-6(2,3)4-5(7)8;2*1-2-3;;;;;;;;;/h4H2,1-3H3;2*3H,2H2,1H3;2*1H3;5*1H2;;/q;;;2*-1;;;;;;;/p+2. The maximum absolute atomic E-state index is 8.34. The number of aliphatic hydroxyl groups excluding tert-OH is 3. The van der Waals surface area contributed by atoms with E-state index in [0.717, 1.165) is 0 Å². The van der Waals surface area contributed by atoms with Crippen molar-refractivity contribution in [1.82, 2.24) is 0 Å². The predicted molar refractivity (Wildman–Crippen MR) is 88.9 cm³/mol. The molecule has 0 fully saturated rings. The number of aliphatic carboxylic acids is 1. The Balaban J connectivity index is -0.00000000733. The van der Waals surface area contributed by atoms with Gasteiger partial charge in [-0.25, -0.2) is 0 Å². The van der Waals surface area contributed by atoms with E-state index >= 15 is 0 Å². The molecule has 0 spiro atoms. The Morgan fingerprint density at radius 1 is 0.783 bits per heavy atom. The van der Waals surface area contributed by atoms with Gasteiger partial charge in [-0.3, -0.25) is 0 Å². The third-order valence-electron chi connectivity index (χ3n) is 0.616. The van der Waals surface area contributed by atoms with Crippen LogP contribution in [0.25, 0.3) is 0 Å². The summed E-state index contributed by atoms with van der Waals surface area (Å²) in [6.07, 6.45) is 0. The van der Waals surface area contributed by atoms with Crippen LogP contribution in [0.4, 0.5) is 0 Å². The van der Waals surface area contributed by atoms with Gasteiger partial charge < -0.3 is 66.8 Å².